The summed E-state index contributed by atoms with van der Waals surface area (Å²) in [5.74, 6) is 0. The standard InChI is InChI=1S/C11H9N3S/c1-7-4-9(6-15-7)11-10(13)8(5-12)2-3-14-11/h2-4,6H,13H2,1H3. The van der Waals surface area contributed by atoms with Crippen molar-refractivity contribution in [2.75, 3.05) is 5.73 Å². The van der Waals surface area contributed by atoms with Crippen molar-refractivity contribution in [2.24, 2.45) is 0 Å². The maximum Gasteiger partial charge on any atom is 0.101 e. The van der Waals surface area contributed by atoms with Crippen LogP contribution in [0.3, 0.4) is 0 Å². The Hall–Kier alpha value is -1.86. The summed E-state index contributed by atoms with van der Waals surface area (Å²) in [6.07, 6.45) is 1.61. The van der Waals surface area contributed by atoms with Gasteiger partial charge in [0.05, 0.1) is 16.9 Å². The molecule has 0 aromatic carbocycles. The first-order chi connectivity index (χ1) is 7.22. The van der Waals surface area contributed by atoms with Gasteiger partial charge in [-0.05, 0) is 19.1 Å². The van der Waals surface area contributed by atoms with E-state index in [1.165, 1.54) is 4.88 Å². The van der Waals surface area contributed by atoms with Gasteiger partial charge in [-0.3, -0.25) is 4.98 Å². The summed E-state index contributed by atoms with van der Waals surface area (Å²) >= 11 is 1.64. The zero-order valence-corrected chi connectivity index (χ0v) is 9.01. The summed E-state index contributed by atoms with van der Waals surface area (Å²) in [6.45, 7) is 2.03. The van der Waals surface area contributed by atoms with Gasteiger partial charge in [-0.15, -0.1) is 11.3 Å². The van der Waals surface area contributed by atoms with Gasteiger partial charge in [-0.1, -0.05) is 0 Å². The maximum absolute atomic E-state index is 8.84. The van der Waals surface area contributed by atoms with Crippen LogP contribution in [-0.4, -0.2) is 4.98 Å². The average Bonchev–Trinajstić information content (AvgIpc) is 2.65. The predicted molar refractivity (Wildman–Crippen MR) is 61.4 cm³/mol. The van der Waals surface area contributed by atoms with Crippen LogP contribution < -0.4 is 5.73 Å². The Morgan fingerprint density at radius 3 is 2.93 bits per heavy atom. The van der Waals surface area contributed by atoms with Gasteiger partial charge in [0.15, 0.2) is 0 Å². The first-order valence-corrected chi connectivity index (χ1v) is 5.30. The van der Waals surface area contributed by atoms with Crippen LogP contribution in [0, 0.1) is 18.3 Å². The molecule has 0 aliphatic heterocycles. The number of nitrogens with two attached hydrogens (primary N) is 1. The quantitative estimate of drug-likeness (QED) is 0.795. The van der Waals surface area contributed by atoms with Crippen LogP contribution in [-0.2, 0) is 0 Å². The average molecular weight is 215 g/mol. The van der Waals surface area contributed by atoms with E-state index in [4.69, 9.17) is 11.0 Å². The fourth-order valence-corrected chi connectivity index (χ4v) is 2.06. The number of anilines is 1. The van der Waals surface area contributed by atoms with Crippen LogP contribution in [0.4, 0.5) is 5.69 Å². The molecular weight excluding hydrogens is 206 g/mol. The molecule has 74 valence electrons. The molecule has 4 heteroatoms. The molecule has 2 rings (SSSR count). The largest absolute Gasteiger partial charge is 0.396 e. The van der Waals surface area contributed by atoms with E-state index in [0.717, 1.165) is 5.56 Å². The lowest BCUT2D eigenvalue weighted by Gasteiger charge is -2.02. The third-order valence-corrected chi connectivity index (χ3v) is 2.98. The van der Waals surface area contributed by atoms with Crippen molar-refractivity contribution in [3.05, 3.63) is 34.2 Å². The van der Waals surface area contributed by atoms with Crippen LogP contribution in [0.5, 0.6) is 0 Å². The van der Waals surface area contributed by atoms with Crippen molar-refractivity contribution < 1.29 is 0 Å². The van der Waals surface area contributed by atoms with Crippen molar-refractivity contribution in [1.29, 1.82) is 5.26 Å². The molecule has 0 radical (unpaired) electrons. The third-order valence-electron chi connectivity index (χ3n) is 2.11. The molecule has 0 saturated heterocycles. The lowest BCUT2D eigenvalue weighted by molar-refractivity contribution is 1.32. The summed E-state index contributed by atoms with van der Waals surface area (Å²) in [4.78, 5) is 5.40. The smallest absolute Gasteiger partial charge is 0.101 e. The predicted octanol–water partition coefficient (Wildman–Crippen LogP) is 2.57. The lowest BCUT2D eigenvalue weighted by Crippen LogP contribution is -1.95. The van der Waals surface area contributed by atoms with E-state index in [0.29, 0.717) is 16.9 Å². The number of nitriles is 1. The topological polar surface area (TPSA) is 62.7 Å². The fourth-order valence-electron chi connectivity index (χ4n) is 1.37. The highest BCUT2D eigenvalue weighted by molar-refractivity contribution is 7.10. The SMILES string of the molecule is Cc1cc(-c2nccc(C#N)c2N)cs1. The van der Waals surface area contributed by atoms with Gasteiger partial charge in [0, 0.05) is 22.0 Å². The Labute approximate surface area is 91.8 Å². The Morgan fingerprint density at radius 1 is 1.53 bits per heavy atom. The molecule has 0 atom stereocenters. The molecule has 2 aromatic rings. The van der Waals surface area contributed by atoms with E-state index in [1.807, 2.05) is 18.4 Å². The van der Waals surface area contributed by atoms with E-state index in [-0.39, 0.29) is 0 Å². The van der Waals surface area contributed by atoms with E-state index < -0.39 is 0 Å². The van der Waals surface area contributed by atoms with Crippen molar-refractivity contribution >= 4 is 17.0 Å². The van der Waals surface area contributed by atoms with Gasteiger partial charge >= 0.3 is 0 Å². The number of pyridine rings is 1. The van der Waals surface area contributed by atoms with E-state index in [9.17, 15) is 0 Å². The minimum Gasteiger partial charge on any atom is -0.396 e. The molecule has 2 N–H and O–H groups in total. The van der Waals surface area contributed by atoms with Crippen molar-refractivity contribution in [3.63, 3.8) is 0 Å². The highest BCUT2D eigenvalue weighted by Gasteiger charge is 2.09. The van der Waals surface area contributed by atoms with Gasteiger partial charge in [-0.25, -0.2) is 0 Å². The number of aryl methyl sites for hydroxylation is 1. The number of thiophene rings is 1. The van der Waals surface area contributed by atoms with Crippen molar-refractivity contribution in [3.8, 4) is 17.3 Å². The van der Waals surface area contributed by atoms with Gasteiger partial charge < -0.3 is 5.73 Å². The molecular formula is C11H9N3S. The summed E-state index contributed by atoms with van der Waals surface area (Å²) in [7, 11) is 0. The molecule has 2 heterocycles. The van der Waals surface area contributed by atoms with E-state index in [2.05, 4.69) is 11.1 Å². The first kappa shape index (κ1) is 9.69. The van der Waals surface area contributed by atoms with Gasteiger partial charge in [-0.2, -0.15) is 5.26 Å². The molecule has 0 saturated carbocycles. The zero-order valence-electron chi connectivity index (χ0n) is 8.19. The number of aromatic nitrogens is 1. The minimum absolute atomic E-state index is 0.456. The lowest BCUT2D eigenvalue weighted by atomic mass is 10.1. The highest BCUT2D eigenvalue weighted by Crippen LogP contribution is 2.29. The molecule has 0 unspecified atom stereocenters. The molecule has 0 spiro atoms. The Balaban J connectivity index is 2.59. The fraction of sp³-hybridized carbons (Fsp3) is 0.0909. The second kappa shape index (κ2) is 3.71. The van der Waals surface area contributed by atoms with Crippen molar-refractivity contribution in [1.82, 2.24) is 4.98 Å². The molecule has 0 aliphatic carbocycles. The Morgan fingerprint density at radius 2 is 2.33 bits per heavy atom. The molecule has 0 bridgehead atoms. The third kappa shape index (κ3) is 1.69. The molecule has 0 aliphatic rings. The number of rotatable bonds is 1. The number of hydrogen-bond donors (Lipinski definition) is 1. The second-order valence-electron chi connectivity index (χ2n) is 3.18. The van der Waals surface area contributed by atoms with Crippen LogP contribution in [0.1, 0.15) is 10.4 Å². The molecule has 0 amide bonds. The summed E-state index contributed by atoms with van der Waals surface area (Å²) in [6, 6.07) is 5.69. The Kier molecular flexibility index (Phi) is 2.40. The molecule has 3 nitrogen and oxygen atoms in total. The molecule has 2 aromatic heterocycles. The summed E-state index contributed by atoms with van der Waals surface area (Å²) < 4.78 is 0. The number of nitrogen functional groups attached to an aromatic ring is 1. The van der Waals surface area contributed by atoms with Crippen LogP contribution >= 0.6 is 11.3 Å². The minimum atomic E-state index is 0.456. The molecule has 15 heavy (non-hydrogen) atoms. The molecule has 0 fully saturated rings. The second-order valence-corrected chi connectivity index (χ2v) is 4.29. The summed E-state index contributed by atoms with van der Waals surface area (Å²) in [5, 5.41) is 10.8. The number of hydrogen-bond acceptors (Lipinski definition) is 4. The summed E-state index contributed by atoms with van der Waals surface area (Å²) in [5.41, 5.74) is 8.46. The van der Waals surface area contributed by atoms with Crippen LogP contribution in [0.2, 0.25) is 0 Å². The van der Waals surface area contributed by atoms with Crippen LogP contribution in [0.15, 0.2) is 23.7 Å². The Bertz CT molecular complexity index is 537. The van der Waals surface area contributed by atoms with E-state index in [1.54, 1.807) is 23.6 Å². The van der Waals surface area contributed by atoms with E-state index >= 15 is 0 Å². The zero-order chi connectivity index (χ0) is 10.8. The van der Waals surface area contributed by atoms with Crippen LogP contribution in [0.25, 0.3) is 11.3 Å². The monoisotopic (exact) mass is 215 g/mol. The highest BCUT2D eigenvalue weighted by atomic mass is 32.1. The van der Waals surface area contributed by atoms with Gasteiger partial charge in [0.25, 0.3) is 0 Å². The first-order valence-electron chi connectivity index (χ1n) is 4.42. The number of nitrogens with zero attached hydrogens (tertiary/aromatic N) is 2. The van der Waals surface area contributed by atoms with Crippen molar-refractivity contribution in [2.45, 2.75) is 6.92 Å². The van der Waals surface area contributed by atoms with Gasteiger partial charge in [0.2, 0.25) is 0 Å². The van der Waals surface area contributed by atoms with Gasteiger partial charge in [0.1, 0.15) is 6.07 Å². The maximum atomic E-state index is 8.84. The normalized spacial score (nSPS) is 9.87.